The van der Waals surface area contributed by atoms with Crippen LogP contribution in [0.25, 0.3) is 0 Å². The molecule has 2 N–H and O–H groups in total. The lowest BCUT2D eigenvalue weighted by Crippen LogP contribution is -2.44. The monoisotopic (exact) mass is 253 g/mol. The number of carbonyl (C=O) groups is 2. The molecule has 1 rings (SSSR count). The van der Waals surface area contributed by atoms with Crippen molar-refractivity contribution in [3.8, 4) is 0 Å². The van der Waals surface area contributed by atoms with Crippen molar-refractivity contribution in [2.45, 2.75) is 39.3 Å². The first kappa shape index (κ1) is 14.2. The van der Waals surface area contributed by atoms with Crippen LogP contribution in [0.5, 0.6) is 0 Å². The van der Waals surface area contributed by atoms with Crippen molar-refractivity contribution >= 4 is 11.9 Å². The summed E-state index contributed by atoms with van der Waals surface area (Å²) in [5.74, 6) is -1.15. The van der Waals surface area contributed by atoms with Gasteiger partial charge in [-0.2, -0.15) is 5.10 Å². The van der Waals surface area contributed by atoms with E-state index in [-0.39, 0.29) is 11.8 Å². The van der Waals surface area contributed by atoms with Crippen molar-refractivity contribution in [1.82, 2.24) is 15.1 Å². The Bertz CT molecular complexity index is 401. The van der Waals surface area contributed by atoms with Gasteiger partial charge in [0.2, 0.25) is 5.91 Å². The molecule has 0 bridgehead atoms. The third-order valence-electron chi connectivity index (χ3n) is 2.62. The molecule has 1 aromatic heterocycles. The number of nitrogens with zero attached hydrogens (tertiary/aromatic N) is 2. The first-order chi connectivity index (χ1) is 8.41. The second-order valence-corrected chi connectivity index (χ2v) is 4.69. The van der Waals surface area contributed by atoms with Crippen LogP contribution in [0.15, 0.2) is 18.5 Å². The van der Waals surface area contributed by atoms with Gasteiger partial charge < -0.3 is 10.4 Å². The van der Waals surface area contributed by atoms with E-state index in [2.05, 4.69) is 10.4 Å². The average Bonchev–Trinajstić information content (AvgIpc) is 2.79. The molecule has 6 heteroatoms. The number of rotatable bonds is 6. The molecule has 1 unspecified atom stereocenters. The highest BCUT2D eigenvalue weighted by molar-refractivity contribution is 5.85. The van der Waals surface area contributed by atoms with Crippen molar-refractivity contribution in [3.63, 3.8) is 0 Å². The lowest BCUT2D eigenvalue weighted by atomic mass is 10.0. The van der Waals surface area contributed by atoms with Gasteiger partial charge in [-0.25, -0.2) is 4.79 Å². The minimum atomic E-state index is -1.01. The minimum absolute atomic E-state index is 0.200. The molecule has 0 aliphatic rings. The van der Waals surface area contributed by atoms with Gasteiger partial charge in [0.25, 0.3) is 0 Å². The molecule has 18 heavy (non-hydrogen) atoms. The van der Waals surface area contributed by atoms with Gasteiger partial charge in [0.1, 0.15) is 12.1 Å². The summed E-state index contributed by atoms with van der Waals surface area (Å²) in [4.78, 5) is 22.9. The lowest BCUT2D eigenvalue weighted by Gasteiger charge is -2.19. The maximum atomic E-state index is 11.9. The summed E-state index contributed by atoms with van der Waals surface area (Å²) in [5, 5.41) is 15.5. The Kier molecular flexibility index (Phi) is 4.88. The van der Waals surface area contributed by atoms with Crippen LogP contribution in [0.4, 0.5) is 0 Å². The predicted octanol–water partition coefficient (Wildman–Crippen LogP) is 1.06. The van der Waals surface area contributed by atoms with E-state index in [1.54, 1.807) is 25.4 Å². The number of aliphatic carboxylic acids is 1. The van der Waals surface area contributed by atoms with Gasteiger partial charge >= 0.3 is 5.97 Å². The molecule has 0 aliphatic heterocycles. The van der Waals surface area contributed by atoms with Crippen LogP contribution in [-0.2, 0) is 9.59 Å². The summed E-state index contributed by atoms with van der Waals surface area (Å²) in [6.07, 6.45) is 3.65. The standard InChI is InChI=1S/C12H19N3O3/c1-8(2)7-10(12(17)18)14-11(16)9(3)15-6-4-5-13-15/h4-6,8-10H,7H2,1-3H3,(H,14,16)(H,17,18)/t9?,10-/m1/s1. The maximum Gasteiger partial charge on any atom is 0.326 e. The van der Waals surface area contributed by atoms with Gasteiger partial charge in [-0.3, -0.25) is 9.48 Å². The van der Waals surface area contributed by atoms with E-state index in [1.807, 2.05) is 13.8 Å². The van der Waals surface area contributed by atoms with Gasteiger partial charge in [-0.15, -0.1) is 0 Å². The third-order valence-corrected chi connectivity index (χ3v) is 2.62. The van der Waals surface area contributed by atoms with Crippen LogP contribution in [0.3, 0.4) is 0 Å². The van der Waals surface area contributed by atoms with Gasteiger partial charge in [0.15, 0.2) is 0 Å². The molecule has 1 aromatic rings. The normalized spacial score (nSPS) is 14.2. The number of hydrogen-bond donors (Lipinski definition) is 2. The van der Waals surface area contributed by atoms with Crippen molar-refractivity contribution < 1.29 is 14.7 Å². The predicted molar refractivity (Wildman–Crippen MR) is 66.0 cm³/mol. The Morgan fingerprint density at radius 1 is 1.39 bits per heavy atom. The maximum absolute atomic E-state index is 11.9. The summed E-state index contributed by atoms with van der Waals surface area (Å²) in [6.45, 7) is 5.51. The number of amides is 1. The summed E-state index contributed by atoms with van der Waals surface area (Å²) in [6, 6.07) is 0.344. The van der Waals surface area contributed by atoms with E-state index < -0.39 is 18.1 Å². The van der Waals surface area contributed by atoms with Crippen LogP contribution in [0.2, 0.25) is 0 Å². The fraction of sp³-hybridized carbons (Fsp3) is 0.583. The minimum Gasteiger partial charge on any atom is -0.480 e. The van der Waals surface area contributed by atoms with E-state index in [4.69, 9.17) is 5.11 Å². The van der Waals surface area contributed by atoms with Crippen molar-refractivity contribution in [2.24, 2.45) is 5.92 Å². The molecule has 0 saturated carbocycles. The van der Waals surface area contributed by atoms with E-state index in [0.29, 0.717) is 6.42 Å². The van der Waals surface area contributed by atoms with Gasteiger partial charge in [0, 0.05) is 12.4 Å². The summed E-state index contributed by atoms with van der Waals surface area (Å²) < 4.78 is 1.49. The molecular formula is C12H19N3O3. The Hall–Kier alpha value is -1.85. The first-order valence-corrected chi connectivity index (χ1v) is 5.94. The Labute approximate surface area is 106 Å². The van der Waals surface area contributed by atoms with E-state index in [9.17, 15) is 9.59 Å². The first-order valence-electron chi connectivity index (χ1n) is 5.94. The second-order valence-electron chi connectivity index (χ2n) is 4.69. The summed E-state index contributed by atoms with van der Waals surface area (Å²) >= 11 is 0. The van der Waals surface area contributed by atoms with Crippen molar-refractivity contribution in [2.75, 3.05) is 0 Å². The smallest absolute Gasteiger partial charge is 0.326 e. The molecule has 0 aliphatic carbocycles. The largest absolute Gasteiger partial charge is 0.480 e. The molecule has 1 amide bonds. The highest BCUT2D eigenvalue weighted by Crippen LogP contribution is 2.08. The van der Waals surface area contributed by atoms with Crippen LogP contribution in [-0.4, -0.2) is 32.8 Å². The number of carboxylic acid groups (broad SMARTS) is 1. The van der Waals surface area contributed by atoms with Crippen molar-refractivity contribution in [1.29, 1.82) is 0 Å². The molecule has 100 valence electrons. The average molecular weight is 253 g/mol. The van der Waals surface area contributed by atoms with Crippen LogP contribution in [0.1, 0.15) is 33.2 Å². The number of carboxylic acids is 1. The summed E-state index contributed by atoms with van der Waals surface area (Å²) in [7, 11) is 0. The van der Waals surface area contributed by atoms with Crippen molar-refractivity contribution in [3.05, 3.63) is 18.5 Å². The van der Waals surface area contributed by atoms with Gasteiger partial charge in [-0.1, -0.05) is 13.8 Å². The number of aromatic nitrogens is 2. The number of hydrogen-bond acceptors (Lipinski definition) is 3. The van der Waals surface area contributed by atoms with E-state index in [1.165, 1.54) is 4.68 Å². The Morgan fingerprint density at radius 2 is 2.06 bits per heavy atom. The molecular weight excluding hydrogens is 234 g/mol. The molecule has 1 heterocycles. The molecule has 0 saturated heterocycles. The van der Waals surface area contributed by atoms with Crippen LogP contribution in [0, 0.1) is 5.92 Å². The molecule has 0 fully saturated rings. The summed E-state index contributed by atoms with van der Waals surface area (Å²) in [5.41, 5.74) is 0. The number of nitrogens with one attached hydrogen (secondary N) is 1. The Balaban J connectivity index is 2.64. The zero-order valence-electron chi connectivity index (χ0n) is 10.8. The second kappa shape index (κ2) is 6.18. The van der Waals surface area contributed by atoms with E-state index in [0.717, 1.165) is 0 Å². The molecule has 0 spiro atoms. The highest BCUT2D eigenvalue weighted by Gasteiger charge is 2.24. The molecule has 6 nitrogen and oxygen atoms in total. The van der Waals surface area contributed by atoms with Crippen LogP contribution >= 0.6 is 0 Å². The molecule has 0 radical (unpaired) electrons. The third kappa shape index (κ3) is 3.87. The lowest BCUT2D eigenvalue weighted by molar-refractivity contribution is -0.142. The zero-order chi connectivity index (χ0) is 13.7. The SMILES string of the molecule is CC(C)C[C@@H](NC(=O)C(C)n1cccn1)C(=O)O. The quantitative estimate of drug-likeness (QED) is 0.794. The highest BCUT2D eigenvalue weighted by atomic mass is 16.4. The fourth-order valence-electron chi connectivity index (χ4n) is 1.62. The Morgan fingerprint density at radius 3 is 2.50 bits per heavy atom. The van der Waals surface area contributed by atoms with E-state index >= 15 is 0 Å². The van der Waals surface area contributed by atoms with Gasteiger partial charge in [-0.05, 0) is 25.3 Å². The topological polar surface area (TPSA) is 84.2 Å². The van der Waals surface area contributed by atoms with Crippen LogP contribution < -0.4 is 5.32 Å². The molecule has 0 aromatic carbocycles. The molecule has 2 atom stereocenters. The number of carbonyl (C=O) groups excluding carboxylic acids is 1. The zero-order valence-corrected chi connectivity index (χ0v) is 10.8. The fourth-order valence-corrected chi connectivity index (χ4v) is 1.62. The van der Waals surface area contributed by atoms with Gasteiger partial charge in [0.05, 0.1) is 0 Å².